The number of carbonyl (C=O) groups excluding carboxylic acids is 1. The van der Waals surface area contributed by atoms with Gasteiger partial charge in [0.2, 0.25) is 0 Å². The highest BCUT2D eigenvalue weighted by atomic mass is 32.0. The molecule has 0 aliphatic heterocycles. The molecule has 278 valence electrons. The Morgan fingerprint density at radius 1 is 0.938 bits per heavy atom. The highest BCUT2D eigenvalue weighted by molar-refractivity contribution is 8.07. The van der Waals surface area contributed by atoms with Gasteiger partial charge in [0.25, 0.3) is 0 Å². The van der Waals surface area contributed by atoms with Crippen LogP contribution in [0.4, 0.5) is 4.79 Å². The third kappa shape index (κ3) is 11.1. The van der Waals surface area contributed by atoms with E-state index in [1.807, 2.05) is 0 Å². The zero-order valence-corrected chi connectivity index (χ0v) is 33.2. The van der Waals surface area contributed by atoms with Gasteiger partial charge in [0.15, 0.2) is 0 Å². The Balaban J connectivity index is 1.12. The largest absolute Gasteiger partial charge is 0.446 e. The Bertz CT molecular complexity index is 999. The lowest BCUT2D eigenvalue weighted by Crippen LogP contribution is -2.51. The van der Waals surface area contributed by atoms with Crippen molar-refractivity contribution < 1.29 is 23.7 Å². The minimum Gasteiger partial charge on any atom is -0.446 e. The van der Waals surface area contributed by atoms with E-state index < -0.39 is 6.10 Å². The molecule has 7 nitrogen and oxygen atoms in total. The maximum atomic E-state index is 12.7. The molecule has 0 aromatic heterocycles. The number of fused-ring (bicyclic) bond motifs is 5. The summed E-state index contributed by atoms with van der Waals surface area (Å²) < 4.78 is 17.2. The van der Waals surface area contributed by atoms with E-state index in [9.17, 15) is 9.90 Å². The van der Waals surface area contributed by atoms with Crippen LogP contribution in [0.15, 0.2) is 11.6 Å². The van der Waals surface area contributed by atoms with Crippen molar-refractivity contribution in [2.45, 2.75) is 156 Å². The van der Waals surface area contributed by atoms with E-state index in [4.69, 9.17) is 19.5 Å². The van der Waals surface area contributed by atoms with Crippen molar-refractivity contribution in [1.82, 2.24) is 5.32 Å². The number of hydrogen-bond acceptors (Lipinski definition) is 6. The summed E-state index contributed by atoms with van der Waals surface area (Å²) in [6.45, 7) is 15.0. The molecule has 48 heavy (non-hydrogen) atoms. The number of carbonyl (C=O) groups is 1. The van der Waals surface area contributed by atoms with Crippen molar-refractivity contribution >= 4 is 23.1 Å². The molecular weight excluding hydrogens is 638 g/mol. The number of amides is 1. The zero-order chi connectivity index (χ0) is 34.6. The molecule has 0 bridgehead atoms. The van der Waals surface area contributed by atoms with Crippen LogP contribution in [0.3, 0.4) is 0 Å². The second-order valence-corrected chi connectivity index (χ2v) is 19.0. The van der Waals surface area contributed by atoms with Gasteiger partial charge in [-0.2, -0.15) is 0 Å². The molecule has 3 fully saturated rings. The van der Waals surface area contributed by atoms with Crippen molar-refractivity contribution in [2.24, 2.45) is 52.1 Å². The van der Waals surface area contributed by atoms with Crippen LogP contribution < -0.4 is 11.1 Å². The van der Waals surface area contributed by atoms with Gasteiger partial charge in [0.05, 0.1) is 36.3 Å². The molecule has 4 rings (SSSR count). The summed E-state index contributed by atoms with van der Waals surface area (Å²) in [5.41, 5.74) is 7.84. The number of hydrogen-bond donors (Lipinski definition) is 3. The van der Waals surface area contributed by atoms with E-state index in [1.54, 1.807) is 5.57 Å². The van der Waals surface area contributed by atoms with Gasteiger partial charge < -0.3 is 29.9 Å². The summed E-state index contributed by atoms with van der Waals surface area (Å²) in [6, 6.07) is 0. The molecule has 4 aliphatic carbocycles. The minimum absolute atomic E-state index is 0.0504. The second-order valence-electron chi connectivity index (χ2n) is 16.8. The second kappa shape index (κ2) is 20.1. The van der Waals surface area contributed by atoms with Crippen molar-refractivity contribution in [3.05, 3.63) is 11.6 Å². The molecule has 4 N–H and O–H groups in total. The molecular formula is C39H72N2O5P2. The van der Waals surface area contributed by atoms with E-state index in [0.717, 1.165) is 87.2 Å². The first-order valence-corrected chi connectivity index (χ1v) is 22.7. The highest BCUT2D eigenvalue weighted by Crippen LogP contribution is 2.67. The first-order valence-electron chi connectivity index (χ1n) is 19.8. The fourth-order valence-electron chi connectivity index (χ4n) is 10.5. The number of aliphatic hydroxyl groups excluding tert-OH is 1. The number of allylic oxidation sites excluding steroid dienone is 1. The van der Waals surface area contributed by atoms with Crippen LogP contribution in [0, 0.1) is 46.3 Å². The van der Waals surface area contributed by atoms with Gasteiger partial charge in [0, 0.05) is 13.0 Å². The summed E-state index contributed by atoms with van der Waals surface area (Å²) in [4.78, 5) is 12.7. The number of aliphatic hydroxyl groups is 1. The molecule has 9 heteroatoms. The molecule has 11 atom stereocenters. The van der Waals surface area contributed by atoms with Gasteiger partial charge in [0.1, 0.15) is 6.10 Å². The summed E-state index contributed by atoms with van der Waals surface area (Å²) in [5, 5.41) is 13.2. The maximum absolute atomic E-state index is 12.7. The molecule has 6 unspecified atom stereocenters. The Labute approximate surface area is 297 Å². The molecule has 0 saturated heterocycles. The molecule has 4 aliphatic rings. The number of alkyl carbamates (subject to hydrolysis) is 1. The third-order valence-electron chi connectivity index (χ3n) is 13.2. The van der Waals surface area contributed by atoms with Crippen molar-refractivity contribution in [2.75, 3.05) is 26.3 Å². The topological polar surface area (TPSA) is 103 Å². The number of rotatable bonds is 21. The van der Waals surface area contributed by atoms with E-state index in [2.05, 4.69) is 46.0 Å². The van der Waals surface area contributed by atoms with E-state index in [0.29, 0.717) is 48.4 Å². The summed E-state index contributed by atoms with van der Waals surface area (Å²) in [6.07, 6.45) is 21.2. The van der Waals surface area contributed by atoms with E-state index >= 15 is 0 Å². The van der Waals surface area contributed by atoms with Crippen molar-refractivity contribution in [1.29, 1.82) is 0 Å². The van der Waals surface area contributed by atoms with Gasteiger partial charge in [-0.3, -0.25) is 0 Å². The molecule has 0 radical (unpaired) electrons. The van der Waals surface area contributed by atoms with E-state index in [1.165, 1.54) is 57.8 Å². The SMILES string of the molecule is CC(C)CCC[C@H](C)[C@@H]1CCC2C3CC=C4C[C@H](OC(=O)NCCC(O)CCOPPOCCCCCCN)CC[C@@]4(C)C3CC[C@]21C. The van der Waals surface area contributed by atoms with Crippen LogP contribution in [0.25, 0.3) is 0 Å². The Hall–Kier alpha value is -0.290. The lowest BCUT2D eigenvalue weighted by molar-refractivity contribution is -0.0581. The van der Waals surface area contributed by atoms with Crippen LogP contribution in [0.1, 0.15) is 144 Å². The van der Waals surface area contributed by atoms with Crippen LogP contribution in [0.2, 0.25) is 0 Å². The van der Waals surface area contributed by atoms with Gasteiger partial charge in [-0.25, -0.2) is 4.79 Å². The molecule has 0 spiro atoms. The normalized spacial score (nSPS) is 33.1. The Kier molecular flexibility index (Phi) is 16.9. The monoisotopic (exact) mass is 710 g/mol. The molecule has 3 saturated carbocycles. The molecule has 0 heterocycles. The van der Waals surface area contributed by atoms with Gasteiger partial charge in [-0.05, 0) is 124 Å². The van der Waals surface area contributed by atoms with Crippen molar-refractivity contribution in [3.8, 4) is 0 Å². The van der Waals surface area contributed by atoms with Crippen LogP contribution in [-0.2, 0) is 13.8 Å². The van der Waals surface area contributed by atoms with Gasteiger partial charge >= 0.3 is 6.09 Å². The van der Waals surface area contributed by atoms with Crippen LogP contribution in [-0.4, -0.2) is 49.7 Å². The predicted molar refractivity (Wildman–Crippen MR) is 203 cm³/mol. The number of unbranched alkanes of at least 4 members (excludes halogenated alkanes) is 3. The number of nitrogens with one attached hydrogen (secondary N) is 1. The minimum atomic E-state index is -0.502. The van der Waals surface area contributed by atoms with Gasteiger partial charge in [-0.15, -0.1) is 0 Å². The molecule has 0 aromatic carbocycles. The smallest absolute Gasteiger partial charge is 0.407 e. The first-order chi connectivity index (χ1) is 23.1. The van der Waals surface area contributed by atoms with Gasteiger partial charge in [-0.1, -0.05) is 78.4 Å². The summed E-state index contributed by atoms with van der Waals surface area (Å²) >= 11 is 0. The Morgan fingerprint density at radius 3 is 2.48 bits per heavy atom. The molecule has 1 amide bonds. The summed E-state index contributed by atoms with van der Waals surface area (Å²) in [5.74, 6) is 5.02. The van der Waals surface area contributed by atoms with E-state index in [-0.39, 0.29) is 17.6 Å². The summed E-state index contributed by atoms with van der Waals surface area (Å²) in [7, 11) is 0.679. The third-order valence-corrected chi connectivity index (χ3v) is 15.1. The Morgan fingerprint density at radius 2 is 1.71 bits per heavy atom. The number of ether oxygens (including phenoxy) is 1. The maximum Gasteiger partial charge on any atom is 0.407 e. The average Bonchev–Trinajstić information content (AvgIpc) is 3.41. The number of nitrogens with two attached hydrogens (primary N) is 1. The predicted octanol–water partition coefficient (Wildman–Crippen LogP) is 9.92. The fourth-order valence-corrected chi connectivity index (χ4v) is 12.0. The lowest BCUT2D eigenvalue weighted by Gasteiger charge is -2.58. The quantitative estimate of drug-likeness (QED) is 0.0623. The molecule has 0 aromatic rings. The highest BCUT2D eigenvalue weighted by Gasteiger charge is 2.59. The fraction of sp³-hybridized carbons (Fsp3) is 0.923. The zero-order valence-electron chi connectivity index (χ0n) is 31.2. The van der Waals surface area contributed by atoms with Crippen LogP contribution in [0.5, 0.6) is 0 Å². The lowest BCUT2D eigenvalue weighted by atomic mass is 9.47. The average molecular weight is 711 g/mol. The first kappa shape index (κ1) is 40.5. The standard InChI is InChI=1S/C39H72N2O5P2/c1-28(2)11-10-12-29(3)34-15-16-35-33-14-13-30-27-32(17-21-38(30,4)36(33)18-22-39(34,35)5)46-37(43)41-24-19-31(42)20-26-45-48-47-44-25-9-7-6-8-23-40/h13,28-29,31-36,42,47-48H,6-12,14-27,40H2,1-5H3,(H,41,43)/t29-,31?,32+,33?,34-,35?,36?,38+,39-/m0/s1. The van der Waals surface area contributed by atoms with Crippen molar-refractivity contribution in [3.63, 3.8) is 0 Å². The van der Waals surface area contributed by atoms with Crippen LogP contribution >= 0.6 is 17.0 Å².